The Balaban J connectivity index is 2.00. The summed E-state index contributed by atoms with van der Waals surface area (Å²) in [5.41, 5.74) is 1.09. The summed E-state index contributed by atoms with van der Waals surface area (Å²) in [6, 6.07) is 6.35. The number of aldehydes is 1. The first kappa shape index (κ1) is 13.4. The molecule has 19 heavy (non-hydrogen) atoms. The molecule has 0 amide bonds. The number of carbonyl (C=O) groups excluding carboxylic acids is 1. The molecule has 0 aliphatic heterocycles. The monoisotopic (exact) mass is 279 g/mol. The molecule has 4 nitrogen and oxygen atoms in total. The molecule has 1 N–H and O–H groups in total. The summed E-state index contributed by atoms with van der Waals surface area (Å²) in [5, 5.41) is 3.09. The molecule has 0 radical (unpaired) electrons. The van der Waals surface area contributed by atoms with E-state index in [-0.39, 0.29) is 16.5 Å². The predicted octanol–water partition coefficient (Wildman–Crippen LogP) is 2.74. The van der Waals surface area contributed by atoms with Crippen LogP contribution in [0.2, 0.25) is 5.15 Å². The smallest absolute Gasteiger partial charge is 0.156 e. The van der Waals surface area contributed by atoms with E-state index >= 15 is 0 Å². The van der Waals surface area contributed by atoms with Gasteiger partial charge in [0.2, 0.25) is 0 Å². The third-order valence-corrected chi connectivity index (χ3v) is 2.85. The quantitative estimate of drug-likeness (QED) is 0.675. The van der Waals surface area contributed by atoms with Gasteiger partial charge in [-0.2, -0.15) is 0 Å². The second kappa shape index (κ2) is 6.24. The molecule has 2 aromatic rings. The minimum Gasteiger partial charge on any atom is -0.369 e. The van der Waals surface area contributed by atoms with Crippen LogP contribution < -0.4 is 5.32 Å². The maximum absolute atomic E-state index is 13.0. The number of hydrogen-bond donors (Lipinski definition) is 1. The molecule has 0 unspecified atom stereocenters. The molecule has 0 aliphatic rings. The van der Waals surface area contributed by atoms with Crippen LogP contribution >= 0.6 is 11.6 Å². The van der Waals surface area contributed by atoms with Gasteiger partial charge < -0.3 is 5.32 Å². The highest BCUT2D eigenvalue weighted by molar-refractivity contribution is 6.32. The van der Waals surface area contributed by atoms with Crippen LogP contribution in [0.3, 0.4) is 0 Å². The summed E-state index contributed by atoms with van der Waals surface area (Å²) >= 11 is 5.77. The molecule has 0 saturated carbocycles. The molecule has 0 fully saturated rings. The standard InChI is InChI=1S/C13H11ClFN3O/c14-12-11(7-19)13(18-8-17-12)16-5-4-9-2-1-3-10(15)6-9/h1-3,6-8H,4-5H2,(H,16,17,18). The average Bonchev–Trinajstić information content (AvgIpc) is 2.39. The second-order valence-corrected chi connectivity index (χ2v) is 4.21. The number of benzene rings is 1. The fourth-order valence-electron chi connectivity index (χ4n) is 1.64. The first-order valence-electron chi connectivity index (χ1n) is 5.64. The SMILES string of the molecule is O=Cc1c(Cl)ncnc1NCCc1cccc(F)c1. The van der Waals surface area contributed by atoms with Gasteiger partial charge in [-0.15, -0.1) is 0 Å². The summed E-state index contributed by atoms with van der Waals surface area (Å²) in [5.74, 6) is 0.113. The Morgan fingerprint density at radius 1 is 1.37 bits per heavy atom. The molecule has 2 rings (SSSR count). The summed E-state index contributed by atoms with van der Waals surface area (Å²) in [6.07, 6.45) is 2.49. The Morgan fingerprint density at radius 3 is 2.95 bits per heavy atom. The Kier molecular flexibility index (Phi) is 4.41. The molecule has 0 saturated heterocycles. The van der Waals surface area contributed by atoms with Gasteiger partial charge in [-0.1, -0.05) is 23.7 Å². The van der Waals surface area contributed by atoms with Crippen LogP contribution in [0, 0.1) is 5.82 Å². The van der Waals surface area contributed by atoms with E-state index in [1.54, 1.807) is 6.07 Å². The highest BCUT2D eigenvalue weighted by atomic mass is 35.5. The van der Waals surface area contributed by atoms with E-state index in [1.165, 1.54) is 18.5 Å². The zero-order chi connectivity index (χ0) is 13.7. The topological polar surface area (TPSA) is 54.9 Å². The molecule has 0 spiro atoms. The van der Waals surface area contributed by atoms with Crippen molar-refractivity contribution in [1.29, 1.82) is 0 Å². The molecule has 1 aromatic heterocycles. The summed E-state index contributed by atoms with van der Waals surface area (Å²) < 4.78 is 13.0. The van der Waals surface area contributed by atoms with Crippen molar-refractivity contribution in [2.75, 3.05) is 11.9 Å². The Bertz CT molecular complexity index is 592. The minimum atomic E-state index is -0.267. The van der Waals surface area contributed by atoms with Crippen molar-refractivity contribution in [1.82, 2.24) is 9.97 Å². The minimum absolute atomic E-state index is 0.109. The molecule has 98 valence electrons. The summed E-state index contributed by atoms with van der Waals surface area (Å²) in [6.45, 7) is 0.512. The van der Waals surface area contributed by atoms with Crippen molar-refractivity contribution in [2.24, 2.45) is 0 Å². The van der Waals surface area contributed by atoms with Gasteiger partial charge in [-0.3, -0.25) is 4.79 Å². The van der Waals surface area contributed by atoms with Crippen LogP contribution in [-0.4, -0.2) is 22.8 Å². The number of hydrogen-bond acceptors (Lipinski definition) is 4. The van der Waals surface area contributed by atoms with Crippen LogP contribution in [0.1, 0.15) is 15.9 Å². The highest BCUT2D eigenvalue weighted by Gasteiger charge is 2.08. The zero-order valence-corrected chi connectivity index (χ0v) is 10.7. The van der Waals surface area contributed by atoms with Gasteiger partial charge in [0.15, 0.2) is 6.29 Å². The van der Waals surface area contributed by atoms with E-state index < -0.39 is 0 Å². The largest absolute Gasteiger partial charge is 0.369 e. The number of rotatable bonds is 5. The predicted molar refractivity (Wildman–Crippen MR) is 71.0 cm³/mol. The maximum Gasteiger partial charge on any atom is 0.156 e. The fraction of sp³-hybridized carbons (Fsp3) is 0.154. The van der Waals surface area contributed by atoms with Crippen LogP contribution in [0.4, 0.5) is 10.2 Å². The van der Waals surface area contributed by atoms with Crippen LogP contribution in [0.25, 0.3) is 0 Å². The number of carbonyl (C=O) groups is 1. The molecule has 1 aromatic carbocycles. The lowest BCUT2D eigenvalue weighted by Gasteiger charge is -2.08. The van der Waals surface area contributed by atoms with Crippen LogP contribution in [-0.2, 0) is 6.42 Å². The van der Waals surface area contributed by atoms with Crippen LogP contribution in [0.15, 0.2) is 30.6 Å². The molecule has 0 bridgehead atoms. The van der Waals surface area contributed by atoms with Gasteiger partial charge in [-0.25, -0.2) is 14.4 Å². The Morgan fingerprint density at radius 2 is 2.21 bits per heavy atom. The van der Waals surface area contributed by atoms with E-state index in [0.29, 0.717) is 25.1 Å². The van der Waals surface area contributed by atoms with Gasteiger partial charge >= 0.3 is 0 Å². The molecular weight excluding hydrogens is 269 g/mol. The number of aromatic nitrogens is 2. The van der Waals surface area contributed by atoms with Crippen molar-refractivity contribution < 1.29 is 9.18 Å². The van der Waals surface area contributed by atoms with E-state index in [1.807, 2.05) is 6.07 Å². The van der Waals surface area contributed by atoms with Crippen LogP contribution in [0.5, 0.6) is 0 Å². The zero-order valence-electron chi connectivity index (χ0n) is 9.94. The lowest BCUT2D eigenvalue weighted by molar-refractivity contribution is 0.112. The van der Waals surface area contributed by atoms with Gasteiger partial charge in [0, 0.05) is 6.54 Å². The fourth-order valence-corrected chi connectivity index (χ4v) is 1.81. The number of nitrogens with one attached hydrogen (secondary N) is 1. The van der Waals surface area contributed by atoms with E-state index in [9.17, 15) is 9.18 Å². The third-order valence-electron chi connectivity index (χ3n) is 2.55. The lowest BCUT2D eigenvalue weighted by atomic mass is 10.1. The molecule has 1 heterocycles. The molecule has 0 atom stereocenters. The molecule has 0 aliphatic carbocycles. The van der Waals surface area contributed by atoms with Gasteiger partial charge in [0.1, 0.15) is 23.1 Å². The molecule has 6 heteroatoms. The molecular formula is C13H11ClFN3O. The van der Waals surface area contributed by atoms with E-state index in [4.69, 9.17) is 11.6 Å². The van der Waals surface area contributed by atoms with Crippen molar-refractivity contribution >= 4 is 23.7 Å². The van der Waals surface area contributed by atoms with Gasteiger partial charge in [0.25, 0.3) is 0 Å². The first-order chi connectivity index (χ1) is 9.20. The maximum atomic E-state index is 13.0. The van der Waals surface area contributed by atoms with Crippen molar-refractivity contribution in [3.05, 3.63) is 52.7 Å². The van der Waals surface area contributed by atoms with Crippen molar-refractivity contribution in [3.8, 4) is 0 Å². The lowest BCUT2D eigenvalue weighted by Crippen LogP contribution is -2.09. The van der Waals surface area contributed by atoms with Crippen molar-refractivity contribution in [3.63, 3.8) is 0 Å². The summed E-state index contributed by atoms with van der Waals surface area (Å²) in [7, 11) is 0. The normalized spacial score (nSPS) is 10.2. The second-order valence-electron chi connectivity index (χ2n) is 3.85. The third kappa shape index (κ3) is 3.48. The first-order valence-corrected chi connectivity index (χ1v) is 6.02. The van der Waals surface area contributed by atoms with Gasteiger partial charge in [0.05, 0.1) is 5.56 Å². The average molecular weight is 280 g/mol. The van der Waals surface area contributed by atoms with Gasteiger partial charge in [-0.05, 0) is 24.1 Å². The van der Waals surface area contributed by atoms with Crippen molar-refractivity contribution in [2.45, 2.75) is 6.42 Å². The highest BCUT2D eigenvalue weighted by Crippen LogP contribution is 2.17. The summed E-state index contributed by atoms with van der Waals surface area (Å²) in [4.78, 5) is 18.5. The Hall–Kier alpha value is -2.01. The number of anilines is 1. The number of halogens is 2. The van der Waals surface area contributed by atoms with E-state index in [0.717, 1.165) is 5.56 Å². The number of nitrogens with zero attached hydrogens (tertiary/aromatic N) is 2. The Labute approximate surface area is 114 Å². The van der Waals surface area contributed by atoms with E-state index in [2.05, 4.69) is 15.3 Å².